The van der Waals surface area contributed by atoms with E-state index in [1.165, 1.54) is 11.1 Å². The van der Waals surface area contributed by atoms with Crippen molar-refractivity contribution in [3.8, 4) is 0 Å². The highest BCUT2D eigenvalue weighted by Crippen LogP contribution is 2.28. The lowest BCUT2D eigenvalue weighted by Gasteiger charge is -2.27. The minimum atomic E-state index is -0.964. The lowest BCUT2D eigenvalue weighted by atomic mass is 9.95. The molecular weight excluding hydrogens is 380 g/mol. The number of aromatic nitrogens is 2. The number of carbonyl (C=O) groups excluding carboxylic acids is 1. The van der Waals surface area contributed by atoms with Gasteiger partial charge in [0.1, 0.15) is 6.23 Å². The van der Waals surface area contributed by atoms with E-state index >= 15 is 0 Å². The van der Waals surface area contributed by atoms with Gasteiger partial charge in [0.2, 0.25) is 5.91 Å². The zero-order chi connectivity index (χ0) is 21.3. The molecule has 1 aliphatic carbocycles. The number of nitrogens with zero attached hydrogens (tertiary/aromatic N) is 1. The number of imidazole rings is 1. The van der Waals surface area contributed by atoms with E-state index in [9.17, 15) is 9.90 Å². The number of nitrogens with two attached hydrogens (primary N) is 2. The van der Waals surface area contributed by atoms with Crippen LogP contribution in [0.1, 0.15) is 23.6 Å². The Bertz CT molecular complexity index is 1020. The van der Waals surface area contributed by atoms with E-state index in [0.717, 1.165) is 29.4 Å². The number of benzene rings is 2. The van der Waals surface area contributed by atoms with Crippen molar-refractivity contribution < 1.29 is 9.90 Å². The van der Waals surface area contributed by atoms with Gasteiger partial charge in [-0.25, -0.2) is 4.98 Å². The minimum Gasteiger partial charge on any atom is -0.377 e. The number of aromatic amines is 1. The molecule has 3 atom stereocenters. The molecule has 8 heteroatoms. The van der Waals surface area contributed by atoms with E-state index in [4.69, 9.17) is 11.5 Å². The van der Waals surface area contributed by atoms with Gasteiger partial charge in [-0.3, -0.25) is 10.1 Å². The van der Waals surface area contributed by atoms with Crippen LogP contribution < -0.4 is 22.1 Å². The molecule has 8 N–H and O–H groups in total. The number of nitrogens with one attached hydrogen (secondary N) is 3. The second kappa shape index (κ2) is 8.43. The molecule has 8 nitrogen and oxygen atoms in total. The van der Waals surface area contributed by atoms with Crippen molar-refractivity contribution in [3.63, 3.8) is 0 Å². The molecule has 1 aliphatic rings. The summed E-state index contributed by atoms with van der Waals surface area (Å²) in [7, 11) is 0. The highest BCUT2D eigenvalue weighted by Gasteiger charge is 2.31. The first kappa shape index (κ1) is 20.3. The lowest BCUT2D eigenvalue weighted by molar-refractivity contribution is -0.124. The van der Waals surface area contributed by atoms with Crippen molar-refractivity contribution in [3.05, 3.63) is 59.2 Å². The maximum absolute atomic E-state index is 12.5. The third-order valence-electron chi connectivity index (χ3n) is 5.84. The molecule has 1 heterocycles. The normalized spacial score (nSPS) is 16.9. The summed E-state index contributed by atoms with van der Waals surface area (Å²) in [6.07, 6.45) is 0.725. The van der Waals surface area contributed by atoms with Gasteiger partial charge in [-0.1, -0.05) is 30.3 Å². The summed E-state index contributed by atoms with van der Waals surface area (Å²) in [5, 5.41) is 16.4. The Morgan fingerprint density at radius 1 is 1.27 bits per heavy atom. The van der Waals surface area contributed by atoms with Gasteiger partial charge in [0.25, 0.3) is 0 Å². The first-order valence-corrected chi connectivity index (χ1v) is 10.2. The number of fused-ring (bicyclic) bond motifs is 2. The summed E-state index contributed by atoms with van der Waals surface area (Å²) in [4.78, 5) is 19.6. The van der Waals surface area contributed by atoms with Crippen molar-refractivity contribution in [2.24, 2.45) is 11.7 Å². The Hall–Kier alpha value is -2.94. The second-order valence-corrected chi connectivity index (χ2v) is 8.04. The molecule has 0 bridgehead atoms. The first-order chi connectivity index (χ1) is 14.4. The lowest BCUT2D eigenvalue weighted by Crippen LogP contribution is -2.55. The predicted molar refractivity (Wildman–Crippen MR) is 116 cm³/mol. The van der Waals surface area contributed by atoms with Crippen LogP contribution in [0.15, 0.2) is 42.5 Å². The van der Waals surface area contributed by atoms with Gasteiger partial charge in [0.15, 0.2) is 5.95 Å². The van der Waals surface area contributed by atoms with Crippen LogP contribution in [0.25, 0.3) is 11.0 Å². The van der Waals surface area contributed by atoms with E-state index in [1.807, 2.05) is 30.3 Å². The van der Waals surface area contributed by atoms with Crippen molar-refractivity contribution in [1.29, 1.82) is 0 Å². The monoisotopic (exact) mass is 408 g/mol. The molecule has 1 amide bonds. The first-order valence-electron chi connectivity index (χ1n) is 10.2. The van der Waals surface area contributed by atoms with Gasteiger partial charge < -0.3 is 26.9 Å². The van der Waals surface area contributed by atoms with Crippen LogP contribution in [-0.2, 0) is 24.2 Å². The van der Waals surface area contributed by atoms with Crippen LogP contribution in [0.4, 0.5) is 5.95 Å². The number of H-pyrrole nitrogens is 1. The number of amides is 1. The van der Waals surface area contributed by atoms with E-state index in [2.05, 4.69) is 32.7 Å². The Kier molecular flexibility index (Phi) is 5.72. The molecule has 0 saturated heterocycles. The molecular formula is C22H28N6O2. The number of hydrogen-bond acceptors (Lipinski definition) is 6. The summed E-state index contributed by atoms with van der Waals surface area (Å²) in [6, 6.07) is 12.9. The van der Waals surface area contributed by atoms with Crippen LogP contribution >= 0.6 is 0 Å². The van der Waals surface area contributed by atoms with Gasteiger partial charge in [-0.15, -0.1) is 0 Å². The molecule has 1 unspecified atom stereocenters. The fourth-order valence-corrected chi connectivity index (χ4v) is 4.09. The number of hydrogen-bond donors (Lipinski definition) is 6. The Morgan fingerprint density at radius 3 is 2.67 bits per heavy atom. The summed E-state index contributed by atoms with van der Waals surface area (Å²) < 4.78 is 0. The Morgan fingerprint density at radius 2 is 1.97 bits per heavy atom. The zero-order valence-electron chi connectivity index (χ0n) is 16.9. The van der Waals surface area contributed by atoms with Crippen molar-refractivity contribution >= 4 is 22.9 Å². The van der Waals surface area contributed by atoms with Gasteiger partial charge >= 0.3 is 0 Å². The largest absolute Gasteiger partial charge is 0.377 e. The SMILES string of the molecule is C[C@H](NC(O)[C@H](N)C1Cc2ccccc2C1)C(=O)NCc1ccc2nc(N)[nH]c2c1. The molecule has 0 aliphatic heterocycles. The Balaban J connectivity index is 1.28. The fraction of sp³-hybridized carbons (Fsp3) is 0.364. The molecule has 2 aromatic carbocycles. The quantitative estimate of drug-likeness (QED) is 0.319. The molecule has 30 heavy (non-hydrogen) atoms. The second-order valence-electron chi connectivity index (χ2n) is 8.04. The number of aliphatic hydroxyl groups is 1. The number of rotatable bonds is 7. The van der Waals surface area contributed by atoms with Crippen molar-refractivity contribution in [1.82, 2.24) is 20.6 Å². The molecule has 4 rings (SSSR count). The smallest absolute Gasteiger partial charge is 0.237 e. The summed E-state index contributed by atoms with van der Waals surface area (Å²) in [5.41, 5.74) is 17.1. The number of anilines is 1. The molecule has 0 saturated carbocycles. The number of aliphatic hydroxyl groups excluding tert-OH is 1. The summed E-state index contributed by atoms with van der Waals surface area (Å²) in [6.45, 7) is 2.08. The zero-order valence-corrected chi connectivity index (χ0v) is 16.9. The molecule has 0 radical (unpaired) electrons. The summed E-state index contributed by atoms with van der Waals surface area (Å²) in [5.74, 6) is 0.300. The molecule has 158 valence electrons. The third kappa shape index (κ3) is 4.30. The van der Waals surface area contributed by atoms with Crippen LogP contribution in [0.2, 0.25) is 0 Å². The maximum atomic E-state index is 12.5. The van der Waals surface area contributed by atoms with E-state index < -0.39 is 18.3 Å². The van der Waals surface area contributed by atoms with E-state index in [0.29, 0.717) is 12.5 Å². The molecule has 0 fully saturated rings. The minimum absolute atomic E-state index is 0.147. The van der Waals surface area contributed by atoms with Gasteiger partial charge in [0, 0.05) is 12.6 Å². The molecule has 0 spiro atoms. The highest BCUT2D eigenvalue weighted by molar-refractivity contribution is 5.82. The Labute approximate surface area is 175 Å². The number of carbonyl (C=O) groups is 1. The average Bonchev–Trinajstić information content (AvgIpc) is 3.33. The van der Waals surface area contributed by atoms with Gasteiger partial charge in [-0.05, 0) is 54.5 Å². The van der Waals surface area contributed by atoms with Crippen LogP contribution in [-0.4, -0.2) is 39.3 Å². The van der Waals surface area contributed by atoms with Crippen molar-refractivity contribution in [2.45, 2.75) is 44.6 Å². The van der Waals surface area contributed by atoms with E-state index in [1.54, 1.807) is 6.92 Å². The standard InChI is InChI=1S/C22H28N6O2/c1-12(20(29)25-11-13-6-7-17-18(8-13)28-22(24)27-17)26-21(30)19(23)16-9-14-4-2-3-5-15(14)10-16/h2-8,12,16,19,21,26,30H,9-11,23H2,1H3,(H,25,29)(H3,24,27,28)/t12-,19+,21?/m0/s1. The highest BCUT2D eigenvalue weighted by atomic mass is 16.3. The molecule has 3 aromatic rings. The van der Waals surface area contributed by atoms with Crippen LogP contribution in [0.5, 0.6) is 0 Å². The summed E-state index contributed by atoms with van der Waals surface area (Å²) >= 11 is 0. The van der Waals surface area contributed by atoms with Crippen LogP contribution in [0.3, 0.4) is 0 Å². The van der Waals surface area contributed by atoms with Gasteiger partial charge in [-0.2, -0.15) is 0 Å². The topological polar surface area (TPSA) is 142 Å². The maximum Gasteiger partial charge on any atom is 0.237 e. The van der Waals surface area contributed by atoms with Gasteiger partial charge in [0.05, 0.1) is 17.1 Å². The number of nitrogen functional groups attached to an aromatic ring is 1. The van der Waals surface area contributed by atoms with Crippen molar-refractivity contribution in [2.75, 3.05) is 5.73 Å². The van der Waals surface area contributed by atoms with E-state index in [-0.39, 0.29) is 11.8 Å². The molecule has 1 aromatic heterocycles. The average molecular weight is 409 g/mol. The predicted octanol–water partition coefficient (Wildman–Crippen LogP) is 0.800. The van der Waals surface area contributed by atoms with Crippen LogP contribution in [0, 0.1) is 5.92 Å². The fourth-order valence-electron chi connectivity index (χ4n) is 4.09. The third-order valence-corrected chi connectivity index (χ3v) is 5.84.